The van der Waals surface area contributed by atoms with Crippen LogP contribution in [0.2, 0.25) is 0 Å². The summed E-state index contributed by atoms with van der Waals surface area (Å²) in [5, 5.41) is 20.4. The number of imidazole rings is 1. The highest BCUT2D eigenvalue weighted by Crippen LogP contribution is 2.31. The van der Waals surface area contributed by atoms with Gasteiger partial charge in [0.1, 0.15) is 5.82 Å². The summed E-state index contributed by atoms with van der Waals surface area (Å²) in [4.78, 5) is 19.1. The summed E-state index contributed by atoms with van der Waals surface area (Å²) >= 11 is 0. The van der Waals surface area contributed by atoms with E-state index in [4.69, 9.17) is 14.5 Å². The van der Waals surface area contributed by atoms with Gasteiger partial charge < -0.3 is 19.8 Å². The van der Waals surface area contributed by atoms with Crippen LogP contribution in [0.3, 0.4) is 0 Å². The zero-order valence-electron chi connectivity index (χ0n) is 19.7. The number of carboxylic acids is 1. The molecule has 0 aliphatic heterocycles. The Labute approximate surface area is 202 Å². The Hall–Kier alpha value is -4.46. The summed E-state index contributed by atoms with van der Waals surface area (Å²) in [5.74, 6) is 0.383. The number of aliphatic carboxylic acids is 1. The van der Waals surface area contributed by atoms with Crippen LogP contribution in [0, 0.1) is 20.8 Å². The van der Waals surface area contributed by atoms with E-state index in [0.29, 0.717) is 18.3 Å². The van der Waals surface area contributed by atoms with Crippen LogP contribution in [-0.2, 0) is 11.2 Å². The number of hydrogen-bond acceptors (Lipinski definition) is 6. The molecule has 8 heteroatoms. The normalized spacial score (nSPS) is 11.2. The number of aromatic amines is 1. The predicted molar refractivity (Wildman–Crippen MR) is 135 cm³/mol. The smallest absolute Gasteiger partial charge is 0.320 e. The fourth-order valence-electron chi connectivity index (χ4n) is 4.23. The highest BCUT2D eigenvalue weighted by molar-refractivity contribution is 5.84. The van der Waals surface area contributed by atoms with Crippen molar-refractivity contribution in [2.24, 2.45) is 0 Å². The van der Waals surface area contributed by atoms with Gasteiger partial charge in [-0.2, -0.15) is 0 Å². The number of nitrogens with zero attached hydrogens (tertiary/aromatic N) is 3. The van der Waals surface area contributed by atoms with E-state index in [2.05, 4.69) is 20.5 Å². The first-order chi connectivity index (χ1) is 16.9. The van der Waals surface area contributed by atoms with Crippen LogP contribution < -0.4 is 5.32 Å². The molecular formula is C27H25N5O3. The van der Waals surface area contributed by atoms with E-state index in [1.165, 1.54) is 5.56 Å². The Bertz CT molecular complexity index is 1510. The van der Waals surface area contributed by atoms with Crippen molar-refractivity contribution >= 4 is 28.7 Å². The molecule has 0 amide bonds. The molecule has 0 aliphatic carbocycles. The minimum Gasteiger partial charge on any atom is -0.481 e. The second kappa shape index (κ2) is 9.06. The van der Waals surface area contributed by atoms with Crippen LogP contribution in [0.5, 0.6) is 0 Å². The lowest BCUT2D eigenvalue weighted by Crippen LogP contribution is -1.99. The van der Waals surface area contributed by atoms with Crippen LogP contribution in [-0.4, -0.2) is 31.2 Å². The van der Waals surface area contributed by atoms with Gasteiger partial charge in [0.2, 0.25) is 5.89 Å². The maximum Gasteiger partial charge on any atom is 0.320 e. The third-order valence-electron chi connectivity index (χ3n) is 5.91. The molecule has 0 saturated heterocycles. The Morgan fingerprint density at radius 1 is 1.00 bits per heavy atom. The van der Waals surface area contributed by atoms with Crippen molar-refractivity contribution in [3.63, 3.8) is 0 Å². The molecule has 0 radical (unpaired) electrons. The van der Waals surface area contributed by atoms with Crippen molar-refractivity contribution in [1.29, 1.82) is 0 Å². The number of benzene rings is 3. The number of aromatic nitrogens is 4. The van der Waals surface area contributed by atoms with Gasteiger partial charge in [-0.05, 0) is 74.2 Å². The predicted octanol–water partition coefficient (Wildman–Crippen LogP) is 5.97. The standard InChI is InChI=1S/C27H25N5O3/c1-15-4-8-20(9-5-15)28-27-32-31-26(35-27)19-7-10-21-22(14-19)30-25(29-21)24-16(2)12-18(13-17(24)3)6-11-23(33)34/h4-5,7-10,12-14H,6,11H2,1-3H3,(H,28,32)(H,29,30)(H,33,34). The van der Waals surface area contributed by atoms with Crippen LogP contribution in [0.1, 0.15) is 28.7 Å². The maximum absolute atomic E-state index is 10.9. The lowest BCUT2D eigenvalue weighted by atomic mass is 9.97. The van der Waals surface area contributed by atoms with E-state index in [0.717, 1.165) is 50.4 Å². The van der Waals surface area contributed by atoms with Crippen molar-refractivity contribution in [3.8, 4) is 22.8 Å². The van der Waals surface area contributed by atoms with Crippen LogP contribution in [0.25, 0.3) is 33.9 Å². The van der Waals surface area contributed by atoms with Crippen molar-refractivity contribution < 1.29 is 14.3 Å². The highest BCUT2D eigenvalue weighted by atomic mass is 16.4. The molecule has 0 bridgehead atoms. The summed E-state index contributed by atoms with van der Waals surface area (Å²) < 4.78 is 5.83. The van der Waals surface area contributed by atoms with Crippen LogP contribution >= 0.6 is 0 Å². The van der Waals surface area contributed by atoms with Crippen LogP contribution in [0.4, 0.5) is 11.7 Å². The number of nitrogens with one attached hydrogen (secondary N) is 2. The molecule has 0 fully saturated rings. The Morgan fingerprint density at radius 3 is 2.46 bits per heavy atom. The second-order valence-electron chi connectivity index (χ2n) is 8.72. The van der Waals surface area contributed by atoms with E-state index < -0.39 is 5.97 Å². The van der Waals surface area contributed by atoms with E-state index in [9.17, 15) is 4.79 Å². The topological polar surface area (TPSA) is 117 Å². The molecule has 5 aromatic rings. The maximum atomic E-state index is 10.9. The molecule has 2 heterocycles. The van der Waals surface area contributed by atoms with E-state index >= 15 is 0 Å². The fraction of sp³-hybridized carbons (Fsp3) is 0.185. The molecule has 3 N–H and O–H groups in total. The summed E-state index contributed by atoms with van der Waals surface area (Å²) in [6.07, 6.45) is 0.620. The number of carboxylic acid groups (broad SMARTS) is 1. The first-order valence-corrected chi connectivity index (χ1v) is 11.4. The van der Waals surface area contributed by atoms with Gasteiger partial charge >= 0.3 is 12.0 Å². The van der Waals surface area contributed by atoms with Crippen molar-refractivity contribution in [1.82, 2.24) is 20.2 Å². The summed E-state index contributed by atoms with van der Waals surface area (Å²) in [6.45, 7) is 6.07. The van der Waals surface area contributed by atoms with Crippen molar-refractivity contribution in [3.05, 3.63) is 76.9 Å². The number of anilines is 2. The fourth-order valence-corrected chi connectivity index (χ4v) is 4.23. The number of hydrogen-bond donors (Lipinski definition) is 3. The van der Waals surface area contributed by atoms with Crippen LogP contribution in [0.15, 0.2) is 59.0 Å². The van der Waals surface area contributed by atoms with Gasteiger partial charge in [0.15, 0.2) is 0 Å². The largest absolute Gasteiger partial charge is 0.481 e. The molecule has 3 aromatic carbocycles. The molecule has 0 aliphatic rings. The molecule has 0 saturated carbocycles. The molecule has 5 rings (SSSR count). The first kappa shape index (κ1) is 22.3. The quantitative estimate of drug-likeness (QED) is 0.270. The minimum atomic E-state index is -0.795. The SMILES string of the molecule is Cc1ccc(Nc2nnc(-c3ccc4nc(-c5c(C)cc(CCC(=O)O)cc5C)[nH]c4c3)o2)cc1. The first-order valence-electron chi connectivity index (χ1n) is 11.4. The van der Waals surface area contributed by atoms with E-state index in [-0.39, 0.29) is 6.42 Å². The summed E-state index contributed by atoms with van der Waals surface area (Å²) in [5.41, 5.74) is 8.65. The molecule has 2 aromatic heterocycles. The van der Waals surface area contributed by atoms with Gasteiger partial charge in [0.05, 0.1) is 11.0 Å². The number of rotatable bonds is 7. The van der Waals surface area contributed by atoms with Gasteiger partial charge in [0, 0.05) is 23.2 Å². The molecule has 8 nitrogen and oxygen atoms in total. The molecule has 0 unspecified atom stereocenters. The lowest BCUT2D eigenvalue weighted by molar-refractivity contribution is -0.136. The average Bonchev–Trinajstić information content (AvgIpc) is 3.45. The average molecular weight is 468 g/mol. The Balaban J connectivity index is 1.41. The molecular weight excluding hydrogens is 442 g/mol. The van der Waals surface area contributed by atoms with Crippen molar-refractivity contribution in [2.45, 2.75) is 33.6 Å². The summed E-state index contributed by atoms with van der Waals surface area (Å²) in [6, 6.07) is 18.1. The number of H-pyrrole nitrogens is 1. The van der Waals surface area contributed by atoms with E-state index in [1.54, 1.807) is 0 Å². The van der Waals surface area contributed by atoms with Gasteiger partial charge in [0.25, 0.3) is 0 Å². The molecule has 35 heavy (non-hydrogen) atoms. The second-order valence-corrected chi connectivity index (χ2v) is 8.72. The monoisotopic (exact) mass is 467 g/mol. The minimum absolute atomic E-state index is 0.115. The molecule has 176 valence electrons. The van der Waals surface area contributed by atoms with Gasteiger partial charge in [-0.3, -0.25) is 4.79 Å². The Kier molecular flexibility index (Phi) is 5.78. The van der Waals surface area contributed by atoms with Gasteiger partial charge in [-0.25, -0.2) is 4.98 Å². The third kappa shape index (κ3) is 4.77. The molecule has 0 spiro atoms. The summed E-state index contributed by atoms with van der Waals surface area (Å²) in [7, 11) is 0. The van der Waals surface area contributed by atoms with Crippen molar-refractivity contribution in [2.75, 3.05) is 5.32 Å². The van der Waals surface area contributed by atoms with E-state index in [1.807, 2.05) is 75.4 Å². The number of fused-ring (bicyclic) bond motifs is 1. The number of aryl methyl sites for hydroxylation is 4. The number of carbonyl (C=O) groups is 1. The van der Waals surface area contributed by atoms with Gasteiger partial charge in [-0.15, -0.1) is 5.10 Å². The highest BCUT2D eigenvalue weighted by Gasteiger charge is 2.15. The van der Waals surface area contributed by atoms with Gasteiger partial charge in [-0.1, -0.05) is 34.9 Å². The third-order valence-corrected chi connectivity index (χ3v) is 5.91. The molecule has 0 atom stereocenters. The zero-order valence-corrected chi connectivity index (χ0v) is 19.7. The Morgan fingerprint density at radius 2 is 1.74 bits per heavy atom. The zero-order chi connectivity index (χ0) is 24.5. The lowest BCUT2D eigenvalue weighted by Gasteiger charge is -2.10.